The van der Waals surface area contributed by atoms with Crippen molar-refractivity contribution in [2.75, 3.05) is 17.3 Å². The molecule has 0 aliphatic rings. The van der Waals surface area contributed by atoms with Gasteiger partial charge in [-0.3, -0.25) is 14.9 Å². The van der Waals surface area contributed by atoms with E-state index in [4.69, 9.17) is 0 Å². The predicted molar refractivity (Wildman–Crippen MR) is 99.4 cm³/mol. The van der Waals surface area contributed by atoms with E-state index < -0.39 is 23.2 Å². The van der Waals surface area contributed by atoms with Crippen LogP contribution in [0.1, 0.15) is 12.5 Å². The third kappa shape index (κ3) is 3.64. The lowest BCUT2D eigenvalue weighted by atomic mass is 10.2. The molecule has 1 aromatic carbocycles. The third-order valence-electron chi connectivity index (χ3n) is 3.64. The van der Waals surface area contributed by atoms with E-state index in [1.54, 1.807) is 24.3 Å². The highest BCUT2D eigenvalue weighted by molar-refractivity contribution is 7.98. The normalized spacial score (nSPS) is 12.2. The number of H-pyrrole nitrogens is 1. The third-order valence-corrected chi connectivity index (χ3v) is 4.89. The first-order chi connectivity index (χ1) is 12.1. The highest BCUT2D eigenvalue weighted by atomic mass is 32.2. The fourth-order valence-electron chi connectivity index (χ4n) is 2.48. The zero-order chi connectivity index (χ0) is 17.8. The fraction of sp³-hybridized carbons (Fsp3) is 0.267. The minimum Gasteiger partial charge on any atom is -0.307 e. The molecular formula is C15H15N5O3S2. The molecule has 2 N–H and O–H groups in total. The van der Waals surface area contributed by atoms with Gasteiger partial charge in [-0.05, 0) is 30.6 Å². The number of amides is 1. The molecule has 1 amide bonds. The monoisotopic (exact) mass is 377 g/mol. The summed E-state index contributed by atoms with van der Waals surface area (Å²) in [7, 11) is 0. The van der Waals surface area contributed by atoms with Crippen molar-refractivity contribution in [3.05, 3.63) is 50.6 Å². The number of carbonyl (C=O) groups is 1. The summed E-state index contributed by atoms with van der Waals surface area (Å²) in [5.41, 5.74) is 0.837. The average Bonchev–Trinajstić information content (AvgIpc) is 3.10. The predicted octanol–water partition coefficient (Wildman–Crippen LogP) is 1.47. The molecule has 2 aromatic heterocycles. The molecule has 2 heterocycles. The van der Waals surface area contributed by atoms with Gasteiger partial charge in [-0.1, -0.05) is 23.5 Å². The summed E-state index contributed by atoms with van der Waals surface area (Å²) in [5, 5.41) is 10.7. The Kier molecular flexibility index (Phi) is 5.29. The number of nitrogens with one attached hydrogen (secondary N) is 2. The Hall–Kier alpha value is -2.46. The van der Waals surface area contributed by atoms with E-state index in [9.17, 15) is 14.4 Å². The second kappa shape index (κ2) is 7.62. The Morgan fingerprint density at radius 1 is 1.40 bits per heavy atom. The number of thioether (sulfide) groups is 1. The maximum atomic E-state index is 12.8. The Balaban J connectivity index is 2.06. The summed E-state index contributed by atoms with van der Waals surface area (Å²) in [6.45, 7) is 0. The largest absolute Gasteiger partial charge is 0.329 e. The number of para-hydroxylation sites is 1. The first-order valence-corrected chi connectivity index (χ1v) is 9.68. The number of fused-ring (bicyclic) bond motifs is 1. The van der Waals surface area contributed by atoms with Gasteiger partial charge in [0.25, 0.3) is 5.56 Å². The molecule has 25 heavy (non-hydrogen) atoms. The number of anilines is 1. The zero-order valence-corrected chi connectivity index (χ0v) is 14.9. The standard InChI is InChI=1S/C15H15N5O3S2/c1-24-7-6-11(12(21)18-14-19-16-8-25-14)20-13(22)9-4-2-3-5-10(9)17-15(20)23/h2-5,8,11H,6-7H2,1H3,(H,17,23)(H,18,19,21)/t11-/m0/s1. The van der Waals surface area contributed by atoms with Crippen molar-refractivity contribution in [2.45, 2.75) is 12.5 Å². The van der Waals surface area contributed by atoms with Crippen LogP contribution >= 0.6 is 23.1 Å². The Bertz CT molecular complexity index is 996. The van der Waals surface area contributed by atoms with Crippen molar-refractivity contribution in [3.8, 4) is 0 Å². The maximum absolute atomic E-state index is 12.8. The van der Waals surface area contributed by atoms with E-state index in [0.717, 1.165) is 4.57 Å². The van der Waals surface area contributed by atoms with Crippen molar-refractivity contribution in [3.63, 3.8) is 0 Å². The van der Waals surface area contributed by atoms with Crippen molar-refractivity contribution >= 4 is 45.0 Å². The average molecular weight is 377 g/mol. The van der Waals surface area contributed by atoms with E-state index >= 15 is 0 Å². The van der Waals surface area contributed by atoms with Gasteiger partial charge in [0.15, 0.2) is 0 Å². The molecule has 0 unspecified atom stereocenters. The van der Waals surface area contributed by atoms with Gasteiger partial charge < -0.3 is 4.98 Å². The number of hydrogen-bond acceptors (Lipinski definition) is 7. The van der Waals surface area contributed by atoms with Gasteiger partial charge in [0, 0.05) is 0 Å². The second-order valence-electron chi connectivity index (χ2n) is 5.18. The number of carbonyl (C=O) groups excluding carboxylic acids is 1. The minimum absolute atomic E-state index is 0.324. The van der Waals surface area contributed by atoms with Gasteiger partial charge in [-0.2, -0.15) is 11.8 Å². The molecule has 0 spiro atoms. The molecule has 8 nitrogen and oxygen atoms in total. The fourth-order valence-corrected chi connectivity index (χ4v) is 3.39. The molecule has 0 aliphatic heterocycles. The van der Waals surface area contributed by atoms with Crippen LogP contribution in [0.5, 0.6) is 0 Å². The molecule has 10 heteroatoms. The van der Waals surface area contributed by atoms with Crippen LogP contribution < -0.4 is 16.6 Å². The van der Waals surface area contributed by atoms with E-state index in [2.05, 4.69) is 20.5 Å². The second-order valence-corrected chi connectivity index (χ2v) is 7.00. The van der Waals surface area contributed by atoms with Gasteiger partial charge in [-0.15, -0.1) is 10.2 Å². The Morgan fingerprint density at radius 2 is 2.20 bits per heavy atom. The smallest absolute Gasteiger partial charge is 0.307 e. The Labute approximate surface area is 150 Å². The van der Waals surface area contributed by atoms with Crippen LogP contribution in [0.4, 0.5) is 5.13 Å². The number of nitrogens with zero attached hydrogens (tertiary/aromatic N) is 3. The number of rotatable bonds is 6. The van der Waals surface area contributed by atoms with Crippen LogP contribution in [0.3, 0.4) is 0 Å². The van der Waals surface area contributed by atoms with E-state index in [1.165, 1.54) is 28.6 Å². The number of aromatic nitrogens is 4. The summed E-state index contributed by atoms with van der Waals surface area (Å²) in [4.78, 5) is 40.6. The van der Waals surface area contributed by atoms with Gasteiger partial charge in [0.1, 0.15) is 11.6 Å². The summed E-state index contributed by atoms with van der Waals surface area (Å²) in [6, 6.07) is 5.79. The molecule has 0 bridgehead atoms. The van der Waals surface area contributed by atoms with Crippen molar-refractivity contribution in [1.29, 1.82) is 0 Å². The summed E-state index contributed by atoms with van der Waals surface area (Å²) in [6.07, 6.45) is 2.24. The quantitative estimate of drug-likeness (QED) is 0.673. The van der Waals surface area contributed by atoms with Crippen LogP contribution in [0.15, 0.2) is 39.4 Å². The SMILES string of the molecule is CSCC[C@@H](C(=O)Nc1nncs1)n1c(=O)[nH]c2ccccc2c1=O. The molecular weight excluding hydrogens is 362 g/mol. The van der Waals surface area contributed by atoms with Gasteiger partial charge >= 0.3 is 5.69 Å². The highest BCUT2D eigenvalue weighted by Crippen LogP contribution is 2.17. The lowest BCUT2D eigenvalue weighted by Gasteiger charge is -2.17. The van der Waals surface area contributed by atoms with E-state index in [-0.39, 0.29) is 0 Å². The number of hydrogen-bond donors (Lipinski definition) is 2. The molecule has 0 fully saturated rings. The molecule has 0 radical (unpaired) electrons. The summed E-state index contributed by atoms with van der Waals surface area (Å²) < 4.78 is 0.981. The van der Waals surface area contributed by atoms with Crippen LogP contribution in [0.25, 0.3) is 10.9 Å². The molecule has 0 aliphatic carbocycles. The van der Waals surface area contributed by atoms with E-state index in [1.807, 2.05) is 6.26 Å². The van der Waals surface area contributed by atoms with Gasteiger partial charge in [0.2, 0.25) is 11.0 Å². The molecule has 1 atom stereocenters. The summed E-state index contributed by atoms with van der Waals surface area (Å²) in [5.74, 6) is 0.154. The zero-order valence-electron chi connectivity index (χ0n) is 13.3. The molecule has 130 valence electrons. The highest BCUT2D eigenvalue weighted by Gasteiger charge is 2.25. The number of aromatic amines is 1. The van der Waals surface area contributed by atoms with Crippen LogP contribution in [-0.4, -0.2) is 37.7 Å². The summed E-state index contributed by atoms with van der Waals surface area (Å²) >= 11 is 2.70. The van der Waals surface area contributed by atoms with Crippen LogP contribution in [-0.2, 0) is 4.79 Å². The topological polar surface area (TPSA) is 110 Å². The Morgan fingerprint density at radius 3 is 2.92 bits per heavy atom. The molecule has 3 aromatic rings. The van der Waals surface area contributed by atoms with Crippen molar-refractivity contribution in [1.82, 2.24) is 19.7 Å². The maximum Gasteiger partial charge on any atom is 0.329 e. The number of benzene rings is 1. The molecule has 0 saturated carbocycles. The first kappa shape index (κ1) is 17.4. The van der Waals surface area contributed by atoms with Crippen molar-refractivity contribution in [2.24, 2.45) is 0 Å². The molecule has 0 saturated heterocycles. The lowest BCUT2D eigenvalue weighted by molar-refractivity contribution is -0.119. The lowest BCUT2D eigenvalue weighted by Crippen LogP contribution is -2.43. The minimum atomic E-state index is -0.933. The van der Waals surface area contributed by atoms with Gasteiger partial charge in [-0.25, -0.2) is 9.36 Å². The molecule has 3 rings (SSSR count). The van der Waals surface area contributed by atoms with Crippen LogP contribution in [0, 0.1) is 0 Å². The van der Waals surface area contributed by atoms with Crippen LogP contribution in [0.2, 0.25) is 0 Å². The van der Waals surface area contributed by atoms with Gasteiger partial charge in [0.05, 0.1) is 10.9 Å². The first-order valence-electron chi connectivity index (χ1n) is 7.41. The van der Waals surface area contributed by atoms with Crippen molar-refractivity contribution < 1.29 is 4.79 Å². The van der Waals surface area contributed by atoms with E-state index in [0.29, 0.717) is 28.2 Å².